The van der Waals surface area contributed by atoms with Crippen LogP contribution < -0.4 is 5.32 Å². The van der Waals surface area contributed by atoms with E-state index in [9.17, 15) is 0 Å². The lowest BCUT2D eigenvalue weighted by atomic mass is 10.2. The molecule has 84 valence electrons. The highest BCUT2D eigenvalue weighted by Crippen LogP contribution is 2.10. The van der Waals surface area contributed by atoms with E-state index in [4.69, 9.17) is 0 Å². The maximum Gasteiger partial charge on any atom is 0.203 e. The Balaban J connectivity index is 1.93. The second-order valence-corrected chi connectivity index (χ2v) is 4.28. The molecule has 0 fully saturated rings. The summed E-state index contributed by atoms with van der Waals surface area (Å²) in [6.07, 6.45) is 6.69. The highest BCUT2D eigenvalue weighted by Gasteiger charge is 2.01. The van der Waals surface area contributed by atoms with Gasteiger partial charge in [-0.3, -0.25) is 0 Å². The molecule has 2 heterocycles. The molecule has 0 aliphatic carbocycles. The number of hydrogen-bond acceptors (Lipinski definition) is 3. The Morgan fingerprint density at radius 1 is 1.56 bits per heavy atom. The SMILES string of the molecule is C=CCNc1nccn1CCc1ccsc1. The number of imidazole rings is 1. The van der Waals surface area contributed by atoms with Crippen molar-refractivity contribution < 1.29 is 0 Å². The zero-order chi connectivity index (χ0) is 11.2. The first kappa shape index (κ1) is 11.0. The quantitative estimate of drug-likeness (QED) is 0.777. The van der Waals surface area contributed by atoms with Gasteiger partial charge in [0.2, 0.25) is 5.95 Å². The van der Waals surface area contributed by atoms with Crippen LogP contribution in [-0.2, 0) is 13.0 Å². The van der Waals surface area contributed by atoms with E-state index in [0.29, 0.717) is 0 Å². The molecule has 0 unspecified atom stereocenters. The zero-order valence-electron chi connectivity index (χ0n) is 9.10. The predicted molar refractivity (Wildman–Crippen MR) is 68.9 cm³/mol. The van der Waals surface area contributed by atoms with E-state index in [2.05, 4.69) is 38.3 Å². The van der Waals surface area contributed by atoms with Gasteiger partial charge in [-0.1, -0.05) is 6.08 Å². The van der Waals surface area contributed by atoms with Gasteiger partial charge in [-0.2, -0.15) is 11.3 Å². The molecule has 0 bridgehead atoms. The average molecular weight is 233 g/mol. The van der Waals surface area contributed by atoms with Gasteiger partial charge in [-0.15, -0.1) is 6.58 Å². The van der Waals surface area contributed by atoms with Crippen LogP contribution in [0, 0.1) is 0 Å². The molecule has 0 amide bonds. The maximum absolute atomic E-state index is 4.26. The molecule has 0 spiro atoms. The fourth-order valence-electron chi connectivity index (χ4n) is 1.50. The van der Waals surface area contributed by atoms with Crippen molar-refractivity contribution in [2.24, 2.45) is 0 Å². The van der Waals surface area contributed by atoms with E-state index >= 15 is 0 Å². The van der Waals surface area contributed by atoms with Crippen LogP contribution in [0.2, 0.25) is 0 Å². The highest BCUT2D eigenvalue weighted by atomic mass is 32.1. The monoisotopic (exact) mass is 233 g/mol. The molecular weight excluding hydrogens is 218 g/mol. The smallest absolute Gasteiger partial charge is 0.203 e. The molecule has 2 aromatic heterocycles. The molecule has 0 saturated carbocycles. The van der Waals surface area contributed by atoms with E-state index in [1.165, 1.54) is 5.56 Å². The van der Waals surface area contributed by atoms with Gasteiger partial charge in [0.25, 0.3) is 0 Å². The van der Waals surface area contributed by atoms with Crippen LogP contribution in [0.5, 0.6) is 0 Å². The van der Waals surface area contributed by atoms with Crippen molar-refractivity contribution in [2.75, 3.05) is 11.9 Å². The first-order chi connectivity index (χ1) is 7.90. The fourth-order valence-corrected chi connectivity index (χ4v) is 2.21. The van der Waals surface area contributed by atoms with Gasteiger partial charge < -0.3 is 9.88 Å². The topological polar surface area (TPSA) is 29.9 Å². The van der Waals surface area contributed by atoms with Crippen molar-refractivity contribution in [2.45, 2.75) is 13.0 Å². The molecule has 0 saturated heterocycles. The summed E-state index contributed by atoms with van der Waals surface area (Å²) in [7, 11) is 0. The molecule has 3 nitrogen and oxygen atoms in total. The fraction of sp³-hybridized carbons (Fsp3) is 0.250. The molecule has 16 heavy (non-hydrogen) atoms. The van der Waals surface area contributed by atoms with Crippen LogP contribution >= 0.6 is 11.3 Å². The van der Waals surface area contributed by atoms with Gasteiger partial charge in [0.05, 0.1) is 0 Å². The minimum atomic E-state index is 0.746. The number of nitrogens with one attached hydrogen (secondary N) is 1. The number of aryl methyl sites for hydroxylation is 2. The second kappa shape index (κ2) is 5.51. The largest absolute Gasteiger partial charge is 0.352 e. The Kier molecular flexibility index (Phi) is 3.77. The van der Waals surface area contributed by atoms with E-state index in [1.54, 1.807) is 11.3 Å². The van der Waals surface area contributed by atoms with Crippen LogP contribution in [0.4, 0.5) is 5.95 Å². The van der Waals surface area contributed by atoms with Crippen molar-refractivity contribution in [3.63, 3.8) is 0 Å². The standard InChI is InChI=1S/C12H15N3S/c1-2-5-13-12-14-6-8-15(12)7-3-11-4-9-16-10-11/h2,4,6,8-10H,1,3,5,7H2,(H,13,14). The molecule has 0 aliphatic heterocycles. The van der Waals surface area contributed by atoms with Gasteiger partial charge in [0.15, 0.2) is 0 Å². The van der Waals surface area contributed by atoms with E-state index < -0.39 is 0 Å². The molecule has 0 aliphatic rings. The number of aromatic nitrogens is 2. The van der Waals surface area contributed by atoms with Crippen LogP contribution in [-0.4, -0.2) is 16.1 Å². The number of nitrogens with zero attached hydrogens (tertiary/aromatic N) is 2. The minimum Gasteiger partial charge on any atom is -0.352 e. The van der Waals surface area contributed by atoms with Crippen molar-refractivity contribution in [3.05, 3.63) is 47.4 Å². The number of hydrogen-bond donors (Lipinski definition) is 1. The van der Waals surface area contributed by atoms with Crippen LogP contribution in [0.3, 0.4) is 0 Å². The van der Waals surface area contributed by atoms with Crippen LogP contribution in [0.15, 0.2) is 41.9 Å². The highest BCUT2D eigenvalue weighted by molar-refractivity contribution is 7.07. The van der Waals surface area contributed by atoms with Crippen LogP contribution in [0.25, 0.3) is 0 Å². The maximum atomic E-state index is 4.26. The van der Waals surface area contributed by atoms with Crippen LogP contribution in [0.1, 0.15) is 5.56 Å². The molecular formula is C12H15N3S. The Morgan fingerprint density at radius 3 is 3.25 bits per heavy atom. The predicted octanol–water partition coefficient (Wildman–Crippen LogP) is 2.79. The Bertz CT molecular complexity index is 431. The number of rotatable bonds is 6. The minimum absolute atomic E-state index is 0.746. The molecule has 4 heteroatoms. The molecule has 2 aromatic rings. The third-order valence-electron chi connectivity index (χ3n) is 2.34. The number of thiophene rings is 1. The summed E-state index contributed by atoms with van der Waals surface area (Å²) in [6.45, 7) is 5.38. The third kappa shape index (κ3) is 2.73. The van der Waals surface area contributed by atoms with E-state index in [1.807, 2.05) is 18.5 Å². The summed E-state index contributed by atoms with van der Waals surface area (Å²) in [6, 6.07) is 2.17. The normalized spacial score (nSPS) is 10.2. The Morgan fingerprint density at radius 2 is 2.50 bits per heavy atom. The van der Waals surface area contributed by atoms with E-state index in [0.717, 1.165) is 25.5 Å². The Hall–Kier alpha value is -1.55. The van der Waals surface area contributed by atoms with Gasteiger partial charge in [0.1, 0.15) is 0 Å². The molecule has 0 radical (unpaired) electrons. The summed E-state index contributed by atoms with van der Waals surface area (Å²) in [5, 5.41) is 7.51. The zero-order valence-corrected chi connectivity index (χ0v) is 9.91. The lowest BCUT2D eigenvalue weighted by Crippen LogP contribution is -2.08. The summed E-state index contributed by atoms with van der Waals surface area (Å²) >= 11 is 1.74. The molecule has 2 rings (SSSR count). The average Bonchev–Trinajstić information content (AvgIpc) is 2.94. The van der Waals surface area contributed by atoms with E-state index in [-0.39, 0.29) is 0 Å². The van der Waals surface area contributed by atoms with Gasteiger partial charge in [-0.25, -0.2) is 4.98 Å². The molecule has 0 aromatic carbocycles. The van der Waals surface area contributed by atoms with Gasteiger partial charge in [0, 0.05) is 25.5 Å². The second-order valence-electron chi connectivity index (χ2n) is 3.50. The summed E-state index contributed by atoms with van der Waals surface area (Å²) in [5.41, 5.74) is 1.38. The molecule has 1 N–H and O–H groups in total. The van der Waals surface area contributed by atoms with Crippen molar-refractivity contribution >= 4 is 17.3 Å². The first-order valence-corrected chi connectivity index (χ1v) is 6.21. The first-order valence-electron chi connectivity index (χ1n) is 5.27. The third-order valence-corrected chi connectivity index (χ3v) is 3.07. The summed E-state index contributed by atoms with van der Waals surface area (Å²) in [4.78, 5) is 4.26. The van der Waals surface area contributed by atoms with Crippen molar-refractivity contribution in [1.29, 1.82) is 0 Å². The lowest BCUT2D eigenvalue weighted by Gasteiger charge is -2.07. The van der Waals surface area contributed by atoms with Crippen molar-refractivity contribution in [3.8, 4) is 0 Å². The van der Waals surface area contributed by atoms with Gasteiger partial charge >= 0.3 is 0 Å². The van der Waals surface area contributed by atoms with Crippen molar-refractivity contribution in [1.82, 2.24) is 9.55 Å². The molecule has 0 atom stereocenters. The van der Waals surface area contributed by atoms with Gasteiger partial charge in [-0.05, 0) is 28.8 Å². The number of anilines is 1. The Labute approximate surface area is 99.5 Å². The summed E-state index contributed by atoms with van der Waals surface area (Å²) in [5.74, 6) is 0.912. The lowest BCUT2D eigenvalue weighted by molar-refractivity contribution is 0.702. The summed E-state index contributed by atoms with van der Waals surface area (Å²) < 4.78 is 2.13.